The van der Waals surface area contributed by atoms with Gasteiger partial charge in [-0.2, -0.15) is 13.2 Å². The van der Waals surface area contributed by atoms with E-state index in [2.05, 4.69) is 34.9 Å². The highest BCUT2D eigenvalue weighted by Gasteiger charge is 2.46. The molecule has 1 saturated heterocycles. The molecule has 224 valence electrons. The van der Waals surface area contributed by atoms with Gasteiger partial charge in [-0.25, -0.2) is 9.78 Å². The molecule has 1 fully saturated rings. The van der Waals surface area contributed by atoms with Crippen molar-refractivity contribution in [1.82, 2.24) is 15.2 Å². The summed E-state index contributed by atoms with van der Waals surface area (Å²) in [5.41, 5.74) is 3.33. The van der Waals surface area contributed by atoms with Crippen LogP contribution in [0.15, 0.2) is 84.9 Å². The first-order chi connectivity index (χ1) is 20.7. The summed E-state index contributed by atoms with van der Waals surface area (Å²) in [5, 5.41) is 3.04. The van der Waals surface area contributed by atoms with Crippen LogP contribution in [0, 0.1) is 0 Å². The molecule has 0 saturated carbocycles. The highest BCUT2D eigenvalue weighted by Crippen LogP contribution is 2.52. The minimum Gasteiger partial charge on any atom is -0.433 e. The molecule has 1 aliphatic carbocycles. The molecule has 1 N–H and O–H groups in total. The first kappa shape index (κ1) is 29.0. The fraction of sp³-hybridized carbons (Fsp3) is 0.353. The van der Waals surface area contributed by atoms with Gasteiger partial charge in [0.05, 0.1) is 5.52 Å². The second kappa shape index (κ2) is 11.9. The predicted octanol–water partition coefficient (Wildman–Crippen LogP) is 7.13. The van der Waals surface area contributed by atoms with Crippen LogP contribution < -0.4 is 10.2 Å². The molecule has 9 heteroatoms. The Bertz CT molecular complexity index is 1560. The van der Waals surface area contributed by atoms with Crippen molar-refractivity contribution < 1.29 is 22.7 Å². The van der Waals surface area contributed by atoms with Crippen molar-refractivity contribution in [2.75, 3.05) is 37.6 Å². The lowest BCUT2D eigenvalue weighted by Gasteiger charge is -2.40. The molecule has 1 aliphatic heterocycles. The number of unbranched alkanes of at least 4 members (excludes halogenated alkanes) is 1. The lowest BCUT2D eigenvalue weighted by molar-refractivity contribution is -0.124. The summed E-state index contributed by atoms with van der Waals surface area (Å²) in [5.74, 6) is 0.992. The average Bonchev–Trinajstić information content (AvgIpc) is 3.28. The number of piperazine rings is 1. The van der Waals surface area contributed by atoms with Crippen LogP contribution in [0.5, 0.6) is 0 Å². The number of benzene rings is 3. The number of hydrogen-bond donors (Lipinski definition) is 1. The third-order valence-corrected chi connectivity index (χ3v) is 8.61. The molecular formula is C34H35F3N4O2. The Balaban J connectivity index is 1.12. The molecule has 4 aromatic rings. The standard InChI is InChI=1S/C34H35F3N4O2/c1-24-22-41(31-17-16-25-10-2-7-15-30(25)39-31)21-20-40(24)19-9-8-18-33(43-32(42)38-23-34(35,36)37)28-13-5-3-11-26(28)27-12-4-6-14-29(27)33/h2-7,10-17,24H,8-9,18-23H2,1H3,(H,38,42)/t24-/m1/s1. The van der Waals surface area contributed by atoms with E-state index in [9.17, 15) is 18.0 Å². The summed E-state index contributed by atoms with van der Waals surface area (Å²) in [7, 11) is 0. The number of nitrogens with one attached hydrogen (secondary N) is 1. The van der Waals surface area contributed by atoms with Crippen molar-refractivity contribution in [3.05, 3.63) is 96.1 Å². The number of ether oxygens (including phenoxy) is 1. The normalized spacial score (nSPS) is 17.9. The van der Waals surface area contributed by atoms with E-state index >= 15 is 0 Å². The van der Waals surface area contributed by atoms with E-state index < -0.39 is 24.4 Å². The Kier molecular flexibility index (Phi) is 8.01. The molecule has 0 radical (unpaired) electrons. The number of alkyl carbamates (subject to hydrolysis) is 1. The second-order valence-corrected chi connectivity index (χ2v) is 11.4. The number of fused-ring (bicyclic) bond motifs is 4. The molecule has 0 spiro atoms. The van der Waals surface area contributed by atoms with Crippen LogP contribution >= 0.6 is 0 Å². The molecule has 3 aromatic carbocycles. The Morgan fingerprint density at radius 3 is 2.30 bits per heavy atom. The predicted molar refractivity (Wildman–Crippen MR) is 162 cm³/mol. The van der Waals surface area contributed by atoms with Crippen LogP contribution in [-0.2, 0) is 10.3 Å². The number of pyridine rings is 1. The van der Waals surface area contributed by atoms with Gasteiger partial charge in [-0.15, -0.1) is 0 Å². The van der Waals surface area contributed by atoms with E-state index in [-0.39, 0.29) is 0 Å². The SMILES string of the molecule is C[C@@H]1CN(c2ccc3ccccc3n2)CCN1CCCCC1(OC(=O)NCC(F)(F)F)c2ccccc2-c2ccccc21. The third kappa shape index (κ3) is 6.04. The van der Waals surface area contributed by atoms with Gasteiger partial charge < -0.3 is 15.0 Å². The first-order valence-electron chi connectivity index (χ1n) is 14.8. The van der Waals surface area contributed by atoms with E-state index in [4.69, 9.17) is 9.72 Å². The summed E-state index contributed by atoms with van der Waals surface area (Å²) in [6.45, 7) is 4.32. The molecule has 1 atom stereocenters. The second-order valence-electron chi connectivity index (χ2n) is 11.4. The molecular weight excluding hydrogens is 553 g/mol. The van der Waals surface area contributed by atoms with Gasteiger partial charge in [0, 0.05) is 42.2 Å². The summed E-state index contributed by atoms with van der Waals surface area (Å²) in [6, 6.07) is 28.0. The number of anilines is 1. The Labute approximate surface area is 249 Å². The minimum absolute atomic E-state index is 0.327. The molecule has 6 rings (SSSR count). The molecule has 0 bridgehead atoms. The van der Waals surface area contributed by atoms with Crippen molar-refractivity contribution in [2.24, 2.45) is 0 Å². The van der Waals surface area contributed by atoms with E-state index in [1.54, 1.807) is 0 Å². The topological polar surface area (TPSA) is 57.7 Å². The van der Waals surface area contributed by atoms with E-state index in [1.807, 2.05) is 72.0 Å². The van der Waals surface area contributed by atoms with Crippen molar-refractivity contribution in [1.29, 1.82) is 0 Å². The Hall–Kier alpha value is -4.11. The Morgan fingerprint density at radius 1 is 0.930 bits per heavy atom. The lowest BCUT2D eigenvalue weighted by Crippen LogP contribution is -2.52. The summed E-state index contributed by atoms with van der Waals surface area (Å²) >= 11 is 0. The van der Waals surface area contributed by atoms with Crippen LogP contribution in [0.25, 0.3) is 22.0 Å². The zero-order valence-electron chi connectivity index (χ0n) is 24.1. The highest BCUT2D eigenvalue weighted by atomic mass is 19.4. The summed E-state index contributed by atoms with van der Waals surface area (Å²) in [6.07, 6.45) is -3.54. The molecule has 1 aromatic heterocycles. The van der Waals surface area contributed by atoms with Crippen molar-refractivity contribution >= 4 is 22.8 Å². The number of aromatic nitrogens is 1. The molecule has 2 aliphatic rings. The highest BCUT2D eigenvalue weighted by molar-refractivity contribution is 5.82. The number of rotatable bonds is 8. The van der Waals surface area contributed by atoms with Gasteiger partial charge in [0.15, 0.2) is 5.60 Å². The van der Waals surface area contributed by atoms with E-state index in [0.29, 0.717) is 12.5 Å². The van der Waals surface area contributed by atoms with Gasteiger partial charge in [-0.1, -0.05) is 66.7 Å². The van der Waals surface area contributed by atoms with Crippen molar-refractivity contribution in [3.8, 4) is 11.1 Å². The number of nitrogens with zero attached hydrogens (tertiary/aromatic N) is 3. The fourth-order valence-corrected chi connectivity index (χ4v) is 6.54. The third-order valence-electron chi connectivity index (χ3n) is 8.61. The van der Waals surface area contributed by atoms with Crippen LogP contribution in [-0.4, -0.2) is 60.9 Å². The number of carbonyl (C=O) groups excluding carboxylic acids is 1. The van der Waals surface area contributed by atoms with Crippen molar-refractivity contribution in [2.45, 2.75) is 44.0 Å². The minimum atomic E-state index is -4.53. The molecule has 43 heavy (non-hydrogen) atoms. The zero-order valence-corrected chi connectivity index (χ0v) is 24.1. The largest absolute Gasteiger partial charge is 0.433 e. The quantitative estimate of drug-likeness (QED) is 0.222. The van der Waals surface area contributed by atoms with Gasteiger partial charge in [0.2, 0.25) is 0 Å². The number of halogens is 3. The zero-order chi connectivity index (χ0) is 30.0. The number of carbonyl (C=O) groups is 1. The van der Waals surface area contributed by atoms with Crippen LogP contribution in [0.1, 0.15) is 37.3 Å². The number of amides is 1. The molecule has 6 nitrogen and oxygen atoms in total. The van der Waals surface area contributed by atoms with Gasteiger partial charge in [0.25, 0.3) is 0 Å². The smallest absolute Gasteiger partial charge is 0.408 e. The van der Waals surface area contributed by atoms with Gasteiger partial charge in [0.1, 0.15) is 12.4 Å². The van der Waals surface area contributed by atoms with Crippen molar-refractivity contribution in [3.63, 3.8) is 0 Å². The molecule has 0 unspecified atom stereocenters. The van der Waals surface area contributed by atoms with Gasteiger partial charge in [-0.05, 0) is 62.1 Å². The van der Waals surface area contributed by atoms with Gasteiger partial charge in [-0.3, -0.25) is 4.90 Å². The van der Waals surface area contributed by atoms with E-state index in [1.165, 1.54) is 0 Å². The monoisotopic (exact) mass is 588 g/mol. The molecule has 1 amide bonds. The summed E-state index contributed by atoms with van der Waals surface area (Å²) in [4.78, 5) is 22.4. The van der Waals surface area contributed by atoms with Crippen LogP contribution in [0.3, 0.4) is 0 Å². The lowest BCUT2D eigenvalue weighted by atomic mass is 9.86. The fourth-order valence-electron chi connectivity index (χ4n) is 6.54. The van der Waals surface area contributed by atoms with Gasteiger partial charge >= 0.3 is 12.3 Å². The molecule has 2 heterocycles. The van der Waals surface area contributed by atoms with Crippen LogP contribution in [0.2, 0.25) is 0 Å². The maximum Gasteiger partial charge on any atom is 0.408 e. The first-order valence-corrected chi connectivity index (χ1v) is 14.8. The van der Waals surface area contributed by atoms with E-state index in [0.717, 1.165) is 78.0 Å². The number of para-hydroxylation sites is 1. The Morgan fingerprint density at radius 2 is 1.60 bits per heavy atom. The maximum absolute atomic E-state index is 12.9. The van der Waals surface area contributed by atoms with Crippen LogP contribution in [0.4, 0.5) is 23.8 Å². The maximum atomic E-state index is 12.9. The summed E-state index contributed by atoms with van der Waals surface area (Å²) < 4.78 is 44.6. The number of hydrogen-bond acceptors (Lipinski definition) is 5. The average molecular weight is 589 g/mol. The number of alkyl halides is 3.